The van der Waals surface area contributed by atoms with Gasteiger partial charge in [0, 0.05) is 5.92 Å². The summed E-state index contributed by atoms with van der Waals surface area (Å²) in [6.45, 7) is 5.21. The van der Waals surface area contributed by atoms with E-state index >= 15 is 0 Å². The number of aliphatic hydroxyl groups excluding tert-OH is 1. The highest BCUT2D eigenvalue weighted by atomic mass is 16.3. The first kappa shape index (κ1) is 21.7. The maximum Gasteiger partial charge on any atom is 0.0654 e. The van der Waals surface area contributed by atoms with Gasteiger partial charge >= 0.3 is 0 Å². The number of rotatable bonds is 12. The molecule has 3 heteroatoms. The molecule has 0 aromatic carbocycles. The van der Waals surface area contributed by atoms with E-state index in [1.165, 1.54) is 25.7 Å². The van der Waals surface area contributed by atoms with Gasteiger partial charge in [-0.25, -0.2) is 0 Å². The molecule has 0 saturated heterocycles. The maximum absolute atomic E-state index is 10.5. The van der Waals surface area contributed by atoms with E-state index in [9.17, 15) is 10.2 Å². The summed E-state index contributed by atoms with van der Waals surface area (Å²) in [4.78, 5) is 0. The summed E-state index contributed by atoms with van der Waals surface area (Å²) in [6.07, 6.45) is 17.5. The van der Waals surface area contributed by atoms with Crippen LogP contribution < -0.4 is 5.32 Å². The molecule has 0 aromatic heterocycles. The molecule has 3 N–H and O–H groups in total. The van der Waals surface area contributed by atoms with E-state index in [2.05, 4.69) is 30.5 Å². The predicted molar refractivity (Wildman–Crippen MR) is 110 cm³/mol. The molecule has 0 amide bonds. The quantitative estimate of drug-likeness (QED) is 0.351. The number of hydrogen-bond donors (Lipinski definition) is 3. The lowest BCUT2D eigenvalue weighted by atomic mass is 9.87. The third-order valence-corrected chi connectivity index (χ3v) is 6.36. The van der Waals surface area contributed by atoms with Crippen molar-refractivity contribution in [1.29, 1.82) is 0 Å². The second-order valence-corrected chi connectivity index (χ2v) is 8.88. The van der Waals surface area contributed by atoms with Gasteiger partial charge in [-0.1, -0.05) is 50.0 Å². The van der Waals surface area contributed by atoms with Crippen molar-refractivity contribution in [2.45, 2.75) is 89.8 Å². The van der Waals surface area contributed by atoms with Crippen LogP contribution in [0.4, 0.5) is 0 Å². The van der Waals surface area contributed by atoms with Crippen LogP contribution >= 0.6 is 0 Å². The van der Waals surface area contributed by atoms with Gasteiger partial charge in [-0.2, -0.15) is 0 Å². The SMILES string of the molecule is CCCC[C@](C)(O)C/C=C/[C@@H]1[C@H]2CC(CCCCCNC)=C[C@H]2C[C@H]1O. The zero-order valence-corrected chi connectivity index (χ0v) is 17.2. The Hall–Kier alpha value is -0.640. The molecule has 0 radical (unpaired) electrons. The maximum atomic E-state index is 10.5. The Morgan fingerprint density at radius 2 is 2.08 bits per heavy atom. The summed E-state index contributed by atoms with van der Waals surface area (Å²) >= 11 is 0. The number of allylic oxidation sites excluding steroid dienone is 2. The van der Waals surface area contributed by atoms with Crippen molar-refractivity contribution >= 4 is 0 Å². The first-order valence-electron chi connectivity index (χ1n) is 10.9. The Kier molecular flexibility index (Phi) is 8.86. The highest BCUT2D eigenvalue weighted by Crippen LogP contribution is 2.48. The zero-order valence-electron chi connectivity index (χ0n) is 17.2. The highest BCUT2D eigenvalue weighted by molar-refractivity contribution is 5.20. The van der Waals surface area contributed by atoms with E-state index in [-0.39, 0.29) is 12.0 Å². The monoisotopic (exact) mass is 363 g/mol. The van der Waals surface area contributed by atoms with Crippen LogP contribution in [0.1, 0.15) is 78.1 Å². The lowest BCUT2D eigenvalue weighted by Gasteiger charge is -2.22. The third-order valence-electron chi connectivity index (χ3n) is 6.36. The predicted octanol–water partition coefficient (Wildman–Crippen LogP) is 4.60. The van der Waals surface area contributed by atoms with Crippen molar-refractivity contribution in [2.75, 3.05) is 13.6 Å². The number of unbranched alkanes of at least 4 members (excludes halogenated alkanes) is 3. The minimum absolute atomic E-state index is 0.213. The lowest BCUT2D eigenvalue weighted by Crippen LogP contribution is -2.23. The number of nitrogens with one attached hydrogen (secondary N) is 1. The van der Waals surface area contributed by atoms with Crippen LogP contribution in [0.3, 0.4) is 0 Å². The molecule has 150 valence electrons. The summed E-state index contributed by atoms with van der Waals surface area (Å²) in [5.74, 6) is 1.40. The molecule has 1 fully saturated rings. The Balaban J connectivity index is 1.79. The van der Waals surface area contributed by atoms with E-state index in [1.807, 2.05) is 14.0 Å². The first-order valence-corrected chi connectivity index (χ1v) is 10.9. The topological polar surface area (TPSA) is 52.5 Å². The molecule has 1 saturated carbocycles. The van der Waals surface area contributed by atoms with Crippen LogP contribution in [0, 0.1) is 17.8 Å². The molecule has 0 unspecified atom stereocenters. The fraction of sp³-hybridized carbons (Fsp3) is 0.826. The van der Waals surface area contributed by atoms with Gasteiger partial charge in [0.15, 0.2) is 0 Å². The Bertz CT molecular complexity index is 469. The largest absolute Gasteiger partial charge is 0.392 e. The van der Waals surface area contributed by atoms with E-state index in [1.54, 1.807) is 5.57 Å². The molecule has 0 bridgehead atoms. The minimum Gasteiger partial charge on any atom is -0.392 e. The van der Waals surface area contributed by atoms with Crippen LogP contribution in [0.15, 0.2) is 23.8 Å². The fourth-order valence-electron chi connectivity index (χ4n) is 4.76. The molecule has 2 rings (SSSR count). The molecule has 0 spiro atoms. The van der Waals surface area contributed by atoms with Crippen molar-refractivity contribution in [1.82, 2.24) is 5.32 Å². The molecule has 0 aromatic rings. The van der Waals surface area contributed by atoms with E-state index in [0.717, 1.165) is 38.6 Å². The summed E-state index contributed by atoms with van der Waals surface area (Å²) in [5.41, 5.74) is 1.01. The van der Waals surface area contributed by atoms with Gasteiger partial charge < -0.3 is 15.5 Å². The summed E-state index contributed by atoms with van der Waals surface area (Å²) in [7, 11) is 2.02. The second-order valence-electron chi connectivity index (χ2n) is 8.88. The van der Waals surface area contributed by atoms with E-state index in [4.69, 9.17) is 0 Å². The molecular formula is C23H41NO2. The average molecular weight is 364 g/mol. The molecule has 5 atom stereocenters. The van der Waals surface area contributed by atoms with Crippen molar-refractivity contribution in [3.63, 3.8) is 0 Å². The number of aliphatic hydroxyl groups is 2. The Morgan fingerprint density at radius 3 is 2.81 bits per heavy atom. The van der Waals surface area contributed by atoms with Crippen molar-refractivity contribution in [2.24, 2.45) is 17.8 Å². The van der Waals surface area contributed by atoms with Gasteiger partial charge in [-0.3, -0.25) is 0 Å². The summed E-state index contributed by atoms with van der Waals surface area (Å²) in [5, 5.41) is 24.1. The van der Waals surface area contributed by atoms with Crippen LogP contribution in [0.2, 0.25) is 0 Å². The third kappa shape index (κ3) is 6.51. The average Bonchev–Trinajstić information content (AvgIpc) is 3.10. The fourth-order valence-corrected chi connectivity index (χ4v) is 4.76. The molecule has 2 aliphatic carbocycles. The van der Waals surface area contributed by atoms with Gasteiger partial charge in [-0.15, -0.1) is 0 Å². The molecular weight excluding hydrogens is 322 g/mol. The molecule has 3 nitrogen and oxygen atoms in total. The molecule has 0 aliphatic heterocycles. The van der Waals surface area contributed by atoms with Crippen LogP contribution in [0.5, 0.6) is 0 Å². The number of hydrogen-bond acceptors (Lipinski definition) is 3. The molecule has 2 aliphatic rings. The van der Waals surface area contributed by atoms with Crippen molar-refractivity contribution in [3.8, 4) is 0 Å². The summed E-state index contributed by atoms with van der Waals surface area (Å²) < 4.78 is 0. The van der Waals surface area contributed by atoms with E-state index < -0.39 is 5.60 Å². The Morgan fingerprint density at radius 1 is 1.27 bits per heavy atom. The van der Waals surface area contributed by atoms with Gasteiger partial charge in [0.05, 0.1) is 11.7 Å². The van der Waals surface area contributed by atoms with E-state index in [0.29, 0.717) is 18.3 Å². The first-order chi connectivity index (χ1) is 12.5. The number of fused-ring (bicyclic) bond motifs is 1. The Labute approximate surface area is 161 Å². The second kappa shape index (κ2) is 10.6. The van der Waals surface area contributed by atoms with Crippen LogP contribution in [-0.2, 0) is 0 Å². The van der Waals surface area contributed by atoms with Crippen LogP contribution in [0.25, 0.3) is 0 Å². The minimum atomic E-state index is -0.609. The van der Waals surface area contributed by atoms with Crippen LogP contribution in [-0.4, -0.2) is 35.5 Å². The van der Waals surface area contributed by atoms with Gasteiger partial charge in [0.2, 0.25) is 0 Å². The summed E-state index contributed by atoms with van der Waals surface area (Å²) in [6, 6.07) is 0. The van der Waals surface area contributed by atoms with Crippen molar-refractivity contribution < 1.29 is 10.2 Å². The zero-order chi connectivity index (χ0) is 19.0. The normalized spacial score (nSPS) is 30.6. The molecule has 26 heavy (non-hydrogen) atoms. The van der Waals surface area contributed by atoms with Crippen molar-refractivity contribution in [3.05, 3.63) is 23.8 Å². The van der Waals surface area contributed by atoms with Gasteiger partial charge in [0.25, 0.3) is 0 Å². The van der Waals surface area contributed by atoms with Gasteiger partial charge in [-0.05, 0) is 77.3 Å². The standard InChI is InChI=1S/C23H41NO2/c1-4-5-12-23(2,26)13-9-11-20-21-16-18(10-7-6-8-14-24-3)15-19(21)17-22(20)25/h9,11,15,19-22,24-26H,4-8,10,12-14,16-17H2,1-3H3/b11-9+/t19-,20+,21-,22+,23-/m0/s1. The smallest absolute Gasteiger partial charge is 0.0654 e. The lowest BCUT2D eigenvalue weighted by molar-refractivity contribution is 0.0513. The van der Waals surface area contributed by atoms with Gasteiger partial charge in [0.1, 0.15) is 0 Å². The molecule has 0 heterocycles. The highest BCUT2D eigenvalue weighted by Gasteiger charge is 2.43.